The second-order valence-electron chi connectivity index (χ2n) is 5.39. The molecule has 1 aliphatic heterocycles. The zero-order chi connectivity index (χ0) is 13.9. The summed E-state index contributed by atoms with van der Waals surface area (Å²) in [6.07, 6.45) is 13.0. The van der Waals surface area contributed by atoms with Crippen molar-refractivity contribution in [3.63, 3.8) is 0 Å². The number of anilines is 2. The Morgan fingerprint density at radius 3 is 2.80 bits per heavy atom. The summed E-state index contributed by atoms with van der Waals surface area (Å²) in [6, 6.07) is 2.04. The van der Waals surface area contributed by atoms with E-state index in [-0.39, 0.29) is 0 Å². The highest BCUT2D eigenvalue weighted by Gasteiger charge is 2.16. The first-order valence-electron chi connectivity index (χ1n) is 7.19. The Kier molecular flexibility index (Phi) is 3.54. The van der Waals surface area contributed by atoms with Gasteiger partial charge in [0.05, 0.1) is 5.69 Å². The number of nitrogen functional groups attached to an aromatic ring is 1. The van der Waals surface area contributed by atoms with Crippen molar-refractivity contribution in [1.29, 1.82) is 0 Å². The van der Waals surface area contributed by atoms with Crippen molar-refractivity contribution in [2.75, 3.05) is 23.7 Å². The van der Waals surface area contributed by atoms with Crippen LogP contribution in [-0.4, -0.2) is 23.1 Å². The zero-order valence-electron chi connectivity index (χ0n) is 11.8. The molecule has 4 nitrogen and oxygen atoms in total. The topological polar surface area (TPSA) is 55.0 Å². The van der Waals surface area contributed by atoms with E-state index in [1.165, 1.54) is 12.8 Å². The number of nitrogens with zero attached hydrogens (tertiary/aromatic N) is 3. The maximum absolute atomic E-state index is 5.88. The van der Waals surface area contributed by atoms with E-state index < -0.39 is 0 Å². The molecule has 4 heteroatoms. The molecule has 0 saturated carbocycles. The highest BCUT2D eigenvalue weighted by atomic mass is 15.2. The van der Waals surface area contributed by atoms with Crippen LogP contribution in [0.25, 0.3) is 5.57 Å². The average Bonchev–Trinajstić information content (AvgIpc) is 2.88. The lowest BCUT2D eigenvalue weighted by Gasteiger charge is -2.17. The van der Waals surface area contributed by atoms with Gasteiger partial charge in [-0.05, 0) is 18.8 Å². The fourth-order valence-corrected chi connectivity index (χ4v) is 2.59. The molecule has 0 radical (unpaired) electrons. The predicted molar refractivity (Wildman–Crippen MR) is 83.3 cm³/mol. The molecule has 0 amide bonds. The van der Waals surface area contributed by atoms with Gasteiger partial charge in [-0.1, -0.05) is 37.3 Å². The third-order valence-corrected chi connectivity index (χ3v) is 3.73. The molecule has 1 unspecified atom stereocenters. The van der Waals surface area contributed by atoms with E-state index in [0.717, 1.165) is 30.2 Å². The second kappa shape index (κ2) is 5.49. The number of hydrogen-bond acceptors (Lipinski definition) is 4. The van der Waals surface area contributed by atoms with Crippen LogP contribution in [0.5, 0.6) is 0 Å². The SMILES string of the molecule is CC1C=CC=C(c2cc(N3CCCC3)nc(N)n2)C=C1. The minimum absolute atomic E-state index is 0.347. The van der Waals surface area contributed by atoms with Gasteiger partial charge in [-0.25, -0.2) is 4.98 Å². The van der Waals surface area contributed by atoms with Gasteiger partial charge in [-0.15, -0.1) is 0 Å². The number of aromatic nitrogens is 2. The van der Waals surface area contributed by atoms with E-state index in [1.807, 2.05) is 6.07 Å². The Bertz CT molecular complexity index is 580. The first kappa shape index (κ1) is 12.9. The number of rotatable bonds is 2. The van der Waals surface area contributed by atoms with Gasteiger partial charge in [0.1, 0.15) is 5.82 Å². The van der Waals surface area contributed by atoms with Gasteiger partial charge >= 0.3 is 0 Å². The van der Waals surface area contributed by atoms with Crippen molar-refractivity contribution in [1.82, 2.24) is 9.97 Å². The molecule has 2 heterocycles. The van der Waals surface area contributed by atoms with Crippen LogP contribution < -0.4 is 10.6 Å². The van der Waals surface area contributed by atoms with Gasteiger partial charge in [0.2, 0.25) is 5.95 Å². The van der Waals surface area contributed by atoms with E-state index >= 15 is 0 Å². The fraction of sp³-hybridized carbons (Fsp3) is 0.375. The van der Waals surface area contributed by atoms with E-state index in [4.69, 9.17) is 5.73 Å². The van der Waals surface area contributed by atoms with E-state index in [2.05, 4.69) is 52.2 Å². The highest BCUT2D eigenvalue weighted by Crippen LogP contribution is 2.24. The third-order valence-electron chi connectivity index (χ3n) is 3.73. The summed E-state index contributed by atoms with van der Waals surface area (Å²) in [5.74, 6) is 1.74. The van der Waals surface area contributed by atoms with Crippen LogP contribution in [0.15, 0.2) is 36.4 Å². The maximum atomic E-state index is 5.88. The first-order valence-corrected chi connectivity index (χ1v) is 7.19. The fourth-order valence-electron chi connectivity index (χ4n) is 2.59. The monoisotopic (exact) mass is 268 g/mol. The Morgan fingerprint density at radius 1 is 1.20 bits per heavy atom. The normalized spacial score (nSPS) is 21.9. The number of hydrogen-bond donors (Lipinski definition) is 1. The molecule has 2 aliphatic rings. The minimum atomic E-state index is 0.347. The largest absolute Gasteiger partial charge is 0.368 e. The summed E-state index contributed by atoms with van der Waals surface area (Å²) in [7, 11) is 0. The standard InChI is InChI=1S/C16H20N4/c1-12-5-4-6-13(8-7-12)14-11-15(19-16(17)18-14)20-9-2-3-10-20/h4-8,11-12H,2-3,9-10H2,1H3,(H2,17,18,19). The smallest absolute Gasteiger partial charge is 0.222 e. The summed E-state index contributed by atoms with van der Waals surface area (Å²) in [4.78, 5) is 11.0. The van der Waals surface area contributed by atoms with Gasteiger partial charge in [0.25, 0.3) is 0 Å². The van der Waals surface area contributed by atoms with E-state index in [1.54, 1.807) is 0 Å². The molecule has 1 aromatic rings. The van der Waals surface area contributed by atoms with Gasteiger partial charge in [0.15, 0.2) is 0 Å². The highest BCUT2D eigenvalue weighted by molar-refractivity contribution is 5.75. The molecule has 20 heavy (non-hydrogen) atoms. The minimum Gasteiger partial charge on any atom is -0.368 e. The van der Waals surface area contributed by atoms with Gasteiger partial charge in [0, 0.05) is 24.7 Å². The first-order chi connectivity index (χ1) is 9.72. The van der Waals surface area contributed by atoms with Gasteiger partial charge in [-0.2, -0.15) is 4.98 Å². The number of allylic oxidation sites excluding steroid dienone is 6. The molecular weight excluding hydrogens is 248 g/mol. The average molecular weight is 268 g/mol. The van der Waals surface area contributed by atoms with Gasteiger partial charge < -0.3 is 10.6 Å². The molecule has 1 atom stereocenters. The lowest BCUT2D eigenvalue weighted by molar-refractivity contribution is 0.929. The lowest BCUT2D eigenvalue weighted by Crippen LogP contribution is -2.20. The van der Waals surface area contributed by atoms with Crippen LogP contribution in [0.1, 0.15) is 25.5 Å². The molecule has 104 valence electrons. The van der Waals surface area contributed by atoms with E-state index in [0.29, 0.717) is 11.9 Å². The zero-order valence-corrected chi connectivity index (χ0v) is 11.8. The Labute approximate surface area is 119 Å². The quantitative estimate of drug-likeness (QED) is 0.896. The predicted octanol–water partition coefficient (Wildman–Crippen LogP) is 2.80. The van der Waals surface area contributed by atoms with Crippen LogP contribution in [0.2, 0.25) is 0 Å². The van der Waals surface area contributed by atoms with Gasteiger partial charge in [-0.3, -0.25) is 0 Å². The molecule has 0 bridgehead atoms. The van der Waals surface area contributed by atoms with Crippen LogP contribution in [0, 0.1) is 5.92 Å². The molecule has 3 rings (SSSR count). The Balaban J connectivity index is 1.95. The molecule has 1 fully saturated rings. The molecule has 1 aliphatic carbocycles. The van der Waals surface area contributed by atoms with Crippen LogP contribution in [0.4, 0.5) is 11.8 Å². The second-order valence-corrected chi connectivity index (χ2v) is 5.39. The van der Waals surface area contributed by atoms with Crippen molar-refractivity contribution >= 4 is 17.3 Å². The molecular formula is C16H20N4. The molecule has 0 aromatic carbocycles. The lowest BCUT2D eigenvalue weighted by atomic mass is 10.1. The van der Waals surface area contributed by atoms with Crippen molar-refractivity contribution in [3.05, 3.63) is 42.1 Å². The molecule has 1 aromatic heterocycles. The summed E-state index contributed by atoms with van der Waals surface area (Å²) in [5, 5.41) is 0. The Hall–Kier alpha value is -2.10. The third kappa shape index (κ3) is 2.74. The summed E-state index contributed by atoms with van der Waals surface area (Å²) >= 11 is 0. The van der Waals surface area contributed by atoms with Crippen molar-refractivity contribution in [3.8, 4) is 0 Å². The van der Waals surface area contributed by atoms with Crippen molar-refractivity contribution < 1.29 is 0 Å². The maximum Gasteiger partial charge on any atom is 0.222 e. The Morgan fingerprint density at radius 2 is 2.00 bits per heavy atom. The van der Waals surface area contributed by atoms with Crippen molar-refractivity contribution in [2.24, 2.45) is 5.92 Å². The summed E-state index contributed by atoms with van der Waals surface area (Å²) in [6.45, 7) is 4.28. The molecule has 0 spiro atoms. The van der Waals surface area contributed by atoms with Crippen LogP contribution in [0.3, 0.4) is 0 Å². The molecule has 1 saturated heterocycles. The summed E-state index contributed by atoms with van der Waals surface area (Å²) < 4.78 is 0. The number of nitrogens with two attached hydrogens (primary N) is 1. The van der Waals surface area contributed by atoms with Crippen molar-refractivity contribution in [2.45, 2.75) is 19.8 Å². The summed E-state index contributed by atoms with van der Waals surface area (Å²) in [5.41, 5.74) is 7.86. The van der Waals surface area contributed by atoms with Crippen LogP contribution in [-0.2, 0) is 0 Å². The van der Waals surface area contributed by atoms with E-state index in [9.17, 15) is 0 Å². The molecule has 2 N–H and O–H groups in total. The van der Waals surface area contributed by atoms with Crippen LogP contribution >= 0.6 is 0 Å².